The number of para-hydroxylation sites is 1. The first-order valence-corrected chi connectivity index (χ1v) is 19.0. The summed E-state index contributed by atoms with van der Waals surface area (Å²) in [6.45, 7) is 15.4. The predicted molar refractivity (Wildman–Crippen MR) is 213 cm³/mol. The van der Waals surface area contributed by atoms with E-state index in [0.717, 1.165) is 16.5 Å². The summed E-state index contributed by atoms with van der Waals surface area (Å²) in [5, 5.41) is 9.49. The van der Waals surface area contributed by atoms with Crippen LogP contribution in [-0.2, 0) is 50.7 Å². The van der Waals surface area contributed by atoms with Crippen molar-refractivity contribution < 1.29 is 38.2 Å². The first-order valence-electron chi connectivity index (χ1n) is 19.0. The van der Waals surface area contributed by atoms with Gasteiger partial charge in [-0.3, -0.25) is 28.9 Å². The molecule has 306 valence electrons. The number of carbonyl (C=O) groups is 6. The molecule has 0 radical (unpaired) electrons. The third-order valence-electron chi connectivity index (χ3n) is 9.57. The van der Waals surface area contributed by atoms with Crippen LogP contribution in [0.4, 0.5) is 0 Å². The van der Waals surface area contributed by atoms with Gasteiger partial charge in [0.05, 0.1) is 19.3 Å². The van der Waals surface area contributed by atoms with E-state index in [1.54, 1.807) is 33.9 Å². The number of amides is 4. The second kappa shape index (κ2) is 20.8. The summed E-state index contributed by atoms with van der Waals surface area (Å²) in [7, 11) is 7.30. The highest BCUT2D eigenvalue weighted by Crippen LogP contribution is 2.36. The Balaban J connectivity index is 2.14. The average Bonchev–Trinajstić information content (AvgIpc) is 3.45. The van der Waals surface area contributed by atoms with Crippen LogP contribution in [-0.4, -0.2) is 116 Å². The Morgan fingerprint density at radius 2 is 1.55 bits per heavy atom. The molecular formula is C41H64N6O8. The molecule has 1 unspecified atom stereocenters. The maximum atomic E-state index is 14.2. The smallest absolute Gasteiger partial charge is 0.328 e. The highest BCUT2D eigenvalue weighted by atomic mass is 16.5. The zero-order valence-corrected chi connectivity index (χ0v) is 35.0. The molecular weight excluding hydrogens is 704 g/mol. The number of aromatic nitrogens is 1. The number of likely N-dealkylation sites (N-methyl/N-ethyl adjacent to an activating group) is 2. The van der Waals surface area contributed by atoms with Gasteiger partial charge >= 0.3 is 11.9 Å². The molecule has 55 heavy (non-hydrogen) atoms. The van der Waals surface area contributed by atoms with E-state index in [1.807, 2.05) is 78.9 Å². The van der Waals surface area contributed by atoms with E-state index >= 15 is 0 Å². The number of hydrogen-bond acceptors (Lipinski definition) is 9. The lowest BCUT2D eigenvalue weighted by Gasteiger charge is -2.40. The summed E-state index contributed by atoms with van der Waals surface area (Å²) in [6.07, 6.45) is 4.15. The zero-order chi connectivity index (χ0) is 41.7. The minimum absolute atomic E-state index is 0.00183. The van der Waals surface area contributed by atoms with E-state index < -0.39 is 40.8 Å². The Morgan fingerprint density at radius 1 is 0.909 bits per heavy atom. The van der Waals surface area contributed by atoms with E-state index in [9.17, 15) is 28.8 Å². The van der Waals surface area contributed by atoms with Crippen molar-refractivity contribution in [2.24, 2.45) is 12.5 Å². The molecule has 0 spiro atoms. The topological polar surface area (TPSA) is 168 Å². The quantitative estimate of drug-likeness (QED) is 0.104. The zero-order valence-electron chi connectivity index (χ0n) is 35.0. The molecule has 0 aliphatic heterocycles. The minimum Gasteiger partial charge on any atom is -0.466 e. The average molecular weight is 769 g/mol. The van der Waals surface area contributed by atoms with Crippen molar-refractivity contribution >= 4 is 46.5 Å². The number of aryl methyl sites for hydroxylation is 1. The molecule has 14 nitrogen and oxygen atoms in total. The molecule has 2 aromatic rings. The van der Waals surface area contributed by atoms with E-state index in [-0.39, 0.29) is 74.8 Å². The number of fused-ring (bicyclic) bond motifs is 1. The van der Waals surface area contributed by atoms with E-state index in [1.165, 1.54) is 4.90 Å². The maximum Gasteiger partial charge on any atom is 0.328 e. The number of nitrogens with zero attached hydrogens (tertiary/aromatic N) is 3. The summed E-state index contributed by atoms with van der Waals surface area (Å²) in [6, 6.07) is 5.48. The summed E-state index contributed by atoms with van der Waals surface area (Å²) in [5.74, 6) is -2.52. The van der Waals surface area contributed by atoms with Gasteiger partial charge in [0.2, 0.25) is 23.6 Å². The van der Waals surface area contributed by atoms with Crippen LogP contribution in [0.25, 0.3) is 10.9 Å². The van der Waals surface area contributed by atoms with Gasteiger partial charge in [0, 0.05) is 68.1 Å². The number of carbonyl (C=O) groups excluding carboxylic acids is 6. The Labute approximate surface area is 326 Å². The van der Waals surface area contributed by atoms with Gasteiger partial charge in [-0.15, -0.1) is 0 Å². The van der Waals surface area contributed by atoms with Crippen LogP contribution in [0.5, 0.6) is 0 Å². The fraction of sp³-hybridized carbons (Fsp3) is 0.610. The molecule has 0 fully saturated rings. The molecule has 1 aromatic carbocycles. The van der Waals surface area contributed by atoms with Gasteiger partial charge in [0.1, 0.15) is 12.1 Å². The molecule has 14 heteroatoms. The van der Waals surface area contributed by atoms with Gasteiger partial charge in [-0.2, -0.15) is 0 Å². The molecule has 0 saturated heterocycles. The van der Waals surface area contributed by atoms with Crippen molar-refractivity contribution in [2.75, 3.05) is 47.4 Å². The van der Waals surface area contributed by atoms with E-state index in [0.29, 0.717) is 6.42 Å². The molecule has 3 N–H and O–H groups in total. The fourth-order valence-corrected chi connectivity index (χ4v) is 6.58. The lowest BCUT2D eigenvalue weighted by atomic mass is 9.76. The largest absolute Gasteiger partial charge is 0.466 e. The molecule has 0 aliphatic carbocycles. The van der Waals surface area contributed by atoms with E-state index in [2.05, 4.69) is 32.8 Å². The van der Waals surface area contributed by atoms with Crippen LogP contribution < -0.4 is 16.0 Å². The molecule has 2 rings (SSSR count). The van der Waals surface area contributed by atoms with Crippen molar-refractivity contribution in [3.63, 3.8) is 0 Å². The van der Waals surface area contributed by atoms with Gasteiger partial charge in [0.25, 0.3) is 0 Å². The molecule has 0 aliphatic rings. The minimum atomic E-state index is -1.08. The first kappa shape index (κ1) is 46.4. The molecule has 1 aromatic heterocycles. The maximum absolute atomic E-state index is 14.2. The summed E-state index contributed by atoms with van der Waals surface area (Å²) in [4.78, 5) is 81.3. The molecule has 0 bridgehead atoms. The second-order valence-corrected chi connectivity index (χ2v) is 15.7. The van der Waals surface area contributed by atoms with Crippen LogP contribution >= 0.6 is 0 Å². The standard InChI is InChI=1S/C41H64N6O8/c1-13-54-33(49)20-17-24-42-32(48)22-21-30(39(53)55-14-2)43-36(50)27(3)23-25-46(11)38(52)34(40(4,5)6)44-37(51)35(45(9)10)41(7,8)29-26-47(12)31-19-16-15-18-28(29)31/h15-16,18-19,23,26,30,34-35H,13-14,17,20-22,24-25H2,1-12H3,(H,42,48)(H,43,50)(H,44,51)/b27-23+/t30-,34?,35-/m1/s1. The summed E-state index contributed by atoms with van der Waals surface area (Å²) < 4.78 is 12.1. The van der Waals surface area contributed by atoms with Gasteiger partial charge in [-0.05, 0) is 64.8 Å². The SMILES string of the molecule is CCOC(=O)CCCNC(=O)CC[C@@H](NC(=O)/C(C)=C/CN(C)C(=O)C(NC(=O)[C@@H](N(C)C)C(C)(C)c1cn(C)c2ccccc12)C(C)(C)C)C(=O)OCC. The predicted octanol–water partition coefficient (Wildman–Crippen LogP) is 3.61. The van der Waals surface area contributed by atoms with Crippen LogP contribution in [0.1, 0.15) is 86.6 Å². The summed E-state index contributed by atoms with van der Waals surface area (Å²) >= 11 is 0. The number of benzene rings is 1. The number of ether oxygens (including phenoxy) is 2. The van der Waals surface area contributed by atoms with Gasteiger partial charge < -0.3 is 34.9 Å². The van der Waals surface area contributed by atoms with Crippen molar-refractivity contribution in [3.05, 3.63) is 47.7 Å². The van der Waals surface area contributed by atoms with Crippen LogP contribution in [0.2, 0.25) is 0 Å². The second-order valence-electron chi connectivity index (χ2n) is 15.7. The van der Waals surface area contributed by atoms with Crippen LogP contribution in [0.3, 0.4) is 0 Å². The van der Waals surface area contributed by atoms with Crippen LogP contribution in [0, 0.1) is 5.41 Å². The number of nitrogens with one attached hydrogen (secondary N) is 3. The molecule has 1 heterocycles. The number of hydrogen-bond donors (Lipinski definition) is 3. The lowest BCUT2D eigenvalue weighted by molar-refractivity contribution is -0.147. The highest BCUT2D eigenvalue weighted by molar-refractivity contribution is 5.96. The summed E-state index contributed by atoms with van der Waals surface area (Å²) in [5.41, 5.74) is 1.03. The Morgan fingerprint density at radius 3 is 2.15 bits per heavy atom. The number of esters is 2. The van der Waals surface area contributed by atoms with E-state index in [4.69, 9.17) is 9.47 Å². The van der Waals surface area contributed by atoms with Crippen molar-refractivity contribution in [1.82, 2.24) is 30.3 Å². The van der Waals surface area contributed by atoms with Crippen LogP contribution in [0.15, 0.2) is 42.1 Å². The Kier molecular flexibility index (Phi) is 17.6. The van der Waals surface area contributed by atoms with Gasteiger partial charge in [-0.1, -0.05) is 58.9 Å². The molecule has 0 saturated carbocycles. The normalized spacial score (nSPS) is 13.8. The van der Waals surface area contributed by atoms with Gasteiger partial charge in [-0.25, -0.2) is 4.79 Å². The van der Waals surface area contributed by atoms with Crippen molar-refractivity contribution in [2.45, 2.75) is 105 Å². The first-order chi connectivity index (χ1) is 25.7. The van der Waals surface area contributed by atoms with Gasteiger partial charge in [0.15, 0.2) is 0 Å². The third-order valence-corrected chi connectivity index (χ3v) is 9.57. The van der Waals surface area contributed by atoms with Crippen molar-refractivity contribution in [1.29, 1.82) is 0 Å². The lowest BCUT2D eigenvalue weighted by Crippen LogP contribution is -2.61. The fourth-order valence-electron chi connectivity index (χ4n) is 6.58. The Bertz CT molecular complexity index is 1690. The monoisotopic (exact) mass is 768 g/mol. The number of rotatable bonds is 20. The Hall–Kier alpha value is -4.72. The van der Waals surface area contributed by atoms with Crippen molar-refractivity contribution in [3.8, 4) is 0 Å². The highest BCUT2D eigenvalue weighted by Gasteiger charge is 2.43. The molecule has 4 amide bonds. The third kappa shape index (κ3) is 13.2. The molecule has 3 atom stereocenters.